The summed E-state index contributed by atoms with van der Waals surface area (Å²) < 4.78 is 0. The van der Waals surface area contributed by atoms with Crippen LogP contribution in [-0.2, 0) is 6.42 Å². The van der Waals surface area contributed by atoms with Gasteiger partial charge < -0.3 is 11.1 Å². The molecular formula is C17H16N4. The molecule has 0 bridgehead atoms. The van der Waals surface area contributed by atoms with Crippen LogP contribution in [0.3, 0.4) is 0 Å². The molecule has 0 unspecified atom stereocenters. The Kier molecular flexibility index (Phi) is 3.78. The van der Waals surface area contributed by atoms with E-state index < -0.39 is 0 Å². The van der Waals surface area contributed by atoms with Crippen molar-refractivity contribution in [3.63, 3.8) is 0 Å². The molecule has 2 aromatic carbocycles. The van der Waals surface area contributed by atoms with Crippen LogP contribution in [0.15, 0.2) is 67.0 Å². The van der Waals surface area contributed by atoms with Gasteiger partial charge in [0.2, 0.25) is 0 Å². The van der Waals surface area contributed by atoms with Crippen LogP contribution >= 0.6 is 0 Å². The fraction of sp³-hybridized carbons (Fsp3) is 0.0588. The lowest BCUT2D eigenvalue weighted by atomic mass is 10.0. The maximum atomic E-state index is 5.55. The largest absolute Gasteiger partial charge is 0.382 e. The number of rotatable bonds is 4. The molecule has 0 aliphatic rings. The third kappa shape index (κ3) is 3.36. The van der Waals surface area contributed by atoms with Crippen molar-refractivity contribution in [2.45, 2.75) is 6.42 Å². The van der Waals surface area contributed by atoms with Crippen LogP contribution < -0.4 is 11.1 Å². The van der Waals surface area contributed by atoms with Crippen molar-refractivity contribution in [3.8, 4) is 0 Å². The van der Waals surface area contributed by atoms with Crippen LogP contribution in [0.25, 0.3) is 0 Å². The normalized spacial score (nSPS) is 10.3. The number of hydrogen-bond acceptors (Lipinski definition) is 4. The van der Waals surface area contributed by atoms with Gasteiger partial charge in [0, 0.05) is 5.69 Å². The van der Waals surface area contributed by atoms with Crippen molar-refractivity contribution in [3.05, 3.63) is 78.1 Å². The molecule has 3 aromatic rings. The molecule has 0 spiro atoms. The summed E-state index contributed by atoms with van der Waals surface area (Å²) in [5, 5.41) is 3.29. The lowest BCUT2D eigenvalue weighted by molar-refractivity contribution is 1.17. The number of nitrogens with one attached hydrogen (secondary N) is 1. The van der Waals surface area contributed by atoms with Crippen molar-refractivity contribution in [2.75, 3.05) is 11.1 Å². The summed E-state index contributed by atoms with van der Waals surface area (Å²) in [6.45, 7) is 0. The minimum Gasteiger partial charge on any atom is -0.382 e. The summed E-state index contributed by atoms with van der Waals surface area (Å²) >= 11 is 0. The van der Waals surface area contributed by atoms with Gasteiger partial charge in [-0.25, -0.2) is 9.97 Å². The molecule has 0 amide bonds. The Morgan fingerprint density at radius 1 is 0.857 bits per heavy atom. The topological polar surface area (TPSA) is 63.8 Å². The number of nitrogens with two attached hydrogens (primary N) is 1. The Bertz CT molecular complexity index is 708. The van der Waals surface area contributed by atoms with Gasteiger partial charge in [0.05, 0.1) is 12.4 Å². The zero-order chi connectivity index (χ0) is 14.5. The van der Waals surface area contributed by atoms with Crippen LogP contribution in [0, 0.1) is 0 Å². The molecule has 0 aliphatic carbocycles. The smallest absolute Gasteiger partial charge is 0.149 e. The van der Waals surface area contributed by atoms with E-state index in [1.165, 1.54) is 11.1 Å². The van der Waals surface area contributed by atoms with Gasteiger partial charge in [-0.15, -0.1) is 0 Å². The van der Waals surface area contributed by atoms with Crippen LogP contribution in [-0.4, -0.2) is 9.97 Å². The van der Waals surface area contributed by atoms with Gasteiger partial charge >= 0.3 is 0 Å². The first-order chi connectivity index (χ1) is 10.3. The summed E-state index contributed by atoms with van der Waals surface area (Å²) in [6.07, 6.45) is 4.04. The number of nitrogen functional groups attached to an aromatic ring is 1. The first kappa shape index (κ1) is 13.1. The molecule has 0 saturated carbocycles. The highest BCUT2D eigenvalue weighted by Crippen LogP contribution is 2.22. The van der Waals surface area contributed by atoms with Crippen LogP contribution in [0.2, 0.25) is 0 Å². The molecule has 0 atom stereocenters. The van der Waals surface area contributed by atoms with Crippen molar-refractivity contribution >= 4 is 17.3 Å². The number of para-hydroxylation sites is 1. The van der Waals surface area contributed by atoms with Crippen molar-refractivity contribution < 1.29 is 0 Å². The van der Waals surface area contributed by atoms with E-state index in [2.05, 4.69) is 45.6 Å². The van der Waals surface area contributed by atoms with E-state index in [4.69, 9.17) is 5.73 Å². The zero-order valence-corrected chi connectivity index (χ0v) is 11.5. The van der Waals surface area contributed by atoms with Crippen molar-refractivity contribution in [2.24, 2.45) is 0 Å². The first-order valence-corrected chi connectivity index (χ1v) is 6.77. The summed E-state index contributed by atoms with van der Waals surface area (Å²) in [7, 11) is 0. The Morgan fingerprint density at radius 3 is 2.38 bits per heavy atom. The van der Waals surface area contributed by atoms with E-state index in [0.717, 1.165) is 12.1 Å². The van der Waals surface area contributed by atoms with Gasteiger partial charge in [0.1, 0.15) is 11.6 Å². The van der Waals surface area contributed by atoms with E-state index >= 15 is 0 Å². The molecule has 1 heterocycles. The van der Waals surface area contributed by atoms with E-state index in [0.29, 0.717) is 11.6 Å². The third-order valence-electron chi connectivity index (χ3n) is 3.19. The fourth-order valence-corrected chi connectivity index (χ4v) is 2.15. The number of hydrogen-bond donors (Lipinski definition) is 2. The summed E-state index contributed by atoms with van der Waals surface area (Å²) in [6, 6.07) is 18.6. The summed E-state index contributed by atoms with van der Waals surface area (Å²) in [4.78, 5) is 8.26. The Hall–Kier alpha value is -2.88. The lowest BCUT2D eigenvalue weighted by Crippen LogP contribution is -2.00. The van der Waals surface area contributed by atoms with Crippen molar-refractivity contribution in [1.82, 2.24) is 9.97 Å². The Labute approximate surface area is 123 Å². The van der Waals surface area contributed by atoms with Gasteiger partial charge in [0.25, 0.3) is 0 Å². The first-order valence-electron chi connectivity index (χ1n) is 6.77. The average Bonchev–Trinajstić information content (AvgIpc) is 2.52. The number of nitrogens with zero attached hydrogens (tertiary/aromatic N) is 2. The zero-order valence-electron chi connectivity index (χ0n) is 11.5. The van der Waals surface area contributed by atoms with Crippen molar-refractivity contribution in [1.29, 1.82) is 0 Å². The second-order valence-electron chi connectivity index (χ2n) is 4.77. The number of benzene rings is 2. The molecule has 1 aromatic heterocycles. The second-order valence-corrected chi connectivity index (χ2v) is 4.77. The maximum Gasteiger partial charge on any atom is 0.149 e. The molecule has 0 radical (unpaired) electrons. The third-order valence-corrected chi connectivity index (χ3v) is 3.19. The minimum atomic E-state index is 0.415. The van der Waals surface area contributed by atoms with Crippen LogP contribution in [0.4, 0.5) is 17.3 Å². The maximum absolute atomic E-state index is 5.55. The molecule has 3 rings (SSSR count). The van der Waals surface area contributed by atoms with E-state index in [1.54, 1.807) is 12.4 Å². The Morgan fingerprint density at radius 2 is 1.62 bits per heavy atom. The van der Waals surface area contributed by atoms with Gasteiger partial charge in [-0.2, -0.15) is 0 Å². The van der Waals surface area contributed by atoms with Gasteiger partial charge in [0.15, 0.2) is 0 Å². The van der Waals surface area contributed by atoms with E-state index in [-0.39, 0.29) is 0 Å². The molecule has 21 heavy (non-hydrogen) atoms. The van der Waals surface area contributed by atoms with Gasteiger partial charge in [-0.05, 0) is 23.6 Å². The van der Waals surface area contributed by atoms with Gasteiger partial charge in [-0.3, -0.25) is 0 Å². The highest BCUT2D eigenvalue weighted by molar-refractivity contribution is 5.61. The second kappa shape index (κ2) is 6.05. The monoisotopic (exact) mass is 276 g/mol. The van der Waals surface area contributed by atoms with Crippen LogP contribution in [0.5, 0.6) is 0 Å². The molecule has 3 N–H and O–H groups in total. The number of aromatic nitrogens is 2. The standard InChI is InChI=1S/C17H16N4/c18-16-11-20-17(12-19-16)21-15-9-5-4-8-14(15)10-13-6-2-1-3-7-13/h1-9,11-12H,10H2,(H2,18,19)(H,20,21). The number of anilines is 3. The Balaban J connectivity index is 1.84. The lowest BCUT2D eigenvalue weighted by Gasteiger charge is -2.11. The highest BCUT2D eigenvalue weighted by Gasteiger charge is 2.04. The molecular weight excluding hydrogens is 260 g/mol. The molecule has 0 fully saturated rings. The highest BCUT2D eigenvalue weighted by atomic mass is 15.0. The predicted octanol–water partition coefficient (Wildman–Crippen LogP) is 3.39. The summed E-state index contributed by atoms with van der Waals surface area (Å²) in [5.41, 5.74) is 9.06. The van der Waals surface area contributed by atoms with Gasteiger partial charge in [-0.1, -0.05) is 48.5 Å². The molecule has 4 nitrogen and oxygen atoms in total. The van der Waals surface area contributed by atoms with E-state index in [1.807, 2.05) is 24.3 Å². The molecule has 4 heteroatoms. The minimum absolute atomic E-state index is 0.415. The SMILES string of the molecule is Nc1cnc(Nc2ccccc2Cc2ccccc2)cn1. The fourth-order valence-electron chi connectivity index (χ4n) is 2.15. The molecule has 104 valence electrons. The van der Waals surface area contributed by atoms with E-state index in [9.17, 15) is 0 Å². The predicted molar refractivity (Wildman–Crippen MR) is 85.4 cm³/mol. The summed E-state index contributed by atoms with van der Waals surface area (Å²) in [5.74, 6) is 1.10. The quantitative estimate of drug-likeness (QED) is 0.766. The molecule has 0 aliphatic heterocycles. The van der Waals surface area contributed by atoms with Crippen LogP contribution in [0.1, 0.15) is 11.1 Å². The molecule has 0 saturated heterocycles. The average molecular weight is 276 g/mol.